The topological polar surface area (TPSA) is 61.9 Å². The van der Waals surface area contributed by atoms with E-state index in [0.29, 0.717) is 11.6 Å². The number of carbonyl (C=O) groups excluding carboxylic acids is 1. The van der Waals surface area contributed by atoms with Gasteiger partial charge >= 0.3 is 0 Å². The Morgan fingerprint density at radius 1 is 1.21 bits per heavy atom. The summed E-state index contributed by atoms with van der Waals surface area (Å²) in [6.07, 6.45) is 8.70. The minimum Gasteiger partial charge on any atom is -0.346 e. The van der Waals surface area contributed by atoms with E-state index in [0.717, 1.165) is 43.4 Å². The number of H-pyrrole nitrogens is 1. The van der Waals surface area contributed by atoms with Gasteiger partial charge in [0.1, 0.15) is 11.3 Å². The zero-order valence-corrected chi connectivity index (χ0v) is 13.5. The number of piperidine rings is 1. The van der Waals surface area contributed by atoms with Crippen LogP contribution in [0.15, 0.2) is 48.9 Å². The quantitative estimate of drug-likeness (QED) is 0.807. The SMILES string of the molecule is O=C(c1ccc2cc[nH]c2n1)N1CCC(Cc2cccnc2)CC1. The third-order valence-corrected chi connectivity index (χ3v) is 4.78. The normalized spacial score (nSPS) is 15.8. The van der Waals surface area contributed by atoms with Gasteiger partial charge in [-0.3, -0.25) is 9.78 Å². The summed E-state index contributed by atoms with van der Waals surface area (Å²) in [5, 5.41) is 1.03. The number of fused-ring (bicyclic) bond motifs is 1. The number of pyridine rings is 2. The predicted molar refractivity (Wildman–Crippen MR) is 92.7 cm³/mol. The van der Waals surface area contributed by atoms with Crippen LogP contribution in [0.2, 0.25) is 0 Å². The number of likely N-dealkylation sites (tertiary alicyclic amines) is 1. The maximum atomic E-state index is 12.7. The van der Waals surface area contributed by atoms with Crippen LogP contribution < -0.4 is 0 Å². The number of nitrogens with zero attached hydrogens (tertiary/aromatic N) is 3. The summed E-state index contributed by atoms with van der Waals surface area (Å²) in [7, 11) is 0. The summed E-state index contributed by atoms with van der Waals surface area (Å²) in [6, 6.07) is 9.83. The van der Waals surface area contributed by atoms with Crippen molar-refractivity contribution in [3.8, 4) is 0 Å². The van der Waals surface area contributed by atoms with Gasteiger partial charge in [-0.15, -0.1) is 0 Å². The first kappa shape index (κ1) is 14.9. The molecule has 0 radical (unpaired) electrons. The maximum absolute atomic E-state index is 12.7. The number of aromatic amines is 1. The van der Waals surface area contributed by atoms with E-state index in [4.69, 9.17) is 0 Å². The minimum atomic E-state index is 0.0336. The first-order valence-electron chi connectivity index (χ1n) is 8.42. The summed E-state index contributed by atoms with van der Waals surface area (Å²) < 4.78 is 0. The zero-order valence-electron chi connectivity index (χ0n) is 13.5. The van der Waals surface area contributed by atoms with Crippen molar-refractivity contribution < 1.29 is 4.79 Å². The molecular weight excluding hydrogens is 300 g/mol. The molecule has 3 aromatic rings. The van der Waals surface area contributed by atoms with Crippen molar-refractivity contribution in [1.29, 1.82) is 0 Å². The molecule has 0 saturated carbocycles. The first-order chi connectivity index (χ1) is 11.8. The first-order valence-corrected chi connectivity index (χ1v) is 8.42. The van der Waals surface area contributed by atoms with Crippen molar-refractivity contribution in [3.05, 3.63) is 60.2 Å². The van der Waals surface area contributed by atoms with Crippen LogP contribution in [0.1, 0.15) is 28.9 Å². The fourth-order valence-corrected chi connectivity index (χ4v) is 3.40. The van der Waals surface area contributed by atoms with Crippen LogP contribution in [0.5, 0.6) is 0 Å². The van der Waals surface area contributed by atoms with Crippen molar-refractivity contribution in [1.82, 2.24) is 19.9 Å². The molecule has 0 aliphatic carbocycles. The van der Waals surface area contributed by atoms with E-state index in [1.807, 2.05) is 41.6 Å². The molecule has 1 aliphatic heterocycles. The van der Waals surface area contributed by atoms with Gasteiger partial charge in [-0.2, -0.15) is 0 Å². The van der Waals surface area contributed by atoms with Gasteiger partial charge in [0.25, 0.3) is 5.91 Å². The van der Waals surface area contributed by atoms with Crippen LogP contribution >= 0.6 is 0 Å². The van der Waals surface area contributed by atoms with Gasteiger partial charge in [0, 0.05) is 37.1 Å². The summed E-state index contributed by atoms with van der Waals surface area (Å²) >= 11 is 0. The Labute approximate surface area is 140 Å². The Morgan fingerprint density at radius 2 is 2.08 bits per heavy atom. The smallest absolute Gasteiger partial charge is 0.272 e. The van der Waals surface area contributed by atoms with E-state index < -0.39 is 0 Å². The Hall–Kier alpha value is -2.69. The number of rotatable bonds is 3. The second kappa shape index (κ2) is 6.43. The Kier molecular flexibility index (Phi) is 3.99. The average molecular weight is 320 g/mol. The van der Waals surface area contributed by atoms with E-state index in [1.54, 1.807) is 6.20 Å². The summed E-state index contributed by atoms with van der Waals surface area (Å²) in [5.41, 5.74) is 2.57. The average Bonchev–Trinajstić information content (AvgIpc) is 3.10. The van der Waals surface area contributed by atoms with Crippen LogP contribution in [0.3, 0.4) is 0 Å². The van der Waals surface area contributed by atoms with Crippen LogP contribution in [0.4, 0.5) is 0 Å². The van der Waals surface area contributed by atoms with Gasteiger partial charge in [-0.25, -0.2) is 4.98 Å². The van der Waals surface area contributed by atoms with Crippen molar-refractivity contribution >= 4 is 16.9 Å². The van der Waals surface area contributed by atoms with E-state index in [2.05, 4.69) is 21.0 Å². The second-order valence-corrected chi connectivity index (χ2v) is 6.41. The number of hydrogen-bond acceptors (Lipinski definition) is 3. The molecule has 0 atom stereocenters. The predicted octanol–water partition coefficient (Wildman–Crippen LogP) is 3.05. The molecule has 1 N–H and O–H groups in total. The Balaban J connectivity index is 1.39. The van der Waals surface area contributed by atoms with Crippen LogP contribution in [-0.4, -0.2) is 38.8 Å². The zero-order chi connectivity index (χ0) is 16.4. The third kappa shape index (κ3) is 3.02. The van der Waals surface area contributed by atoms with Gasteiger partial charge in [0.15, 0.2) is 0 Å². The van der Waals surface area contributed by atoms with E-state index >= 15 is 0 Å². The van der Waals surface area contributed by atoms with E-state index in [9.17, 15) is 4.79 Å². The molecule has 4 heterocycles. The van der Waals surface area contributed by atoms with Gasteiger partial charge < -0.3 is 9.88 Å². The molecule has 0 spiro atoms. The molecule has 5 nitrogen and oxygen atoms in total. The molecule has 0 aromatic carbocycles. The van der Waals surface area contributed by atoms with Gasteiger partial charge in [0.05, 0.1) is 0 Å². The molecule has 24 heavy (non-hydrogen) atoms. The third-order valence-electron chi connectivity index (χ3n) is 4.78. The summed E-state index contributed by atoms with van der Waals surface area (Å²) in [5.74, 6) is 0.656. The molecule has 1 amide bonds. The summed E-state index contributed by atoms with van der Waals surface area (Å²) in [6.45, 7) is 1.60. The fourth-order valence-electron chi connectivity index (χ4n) is 3.40. The molecule has 4 rings (SSSR count). The molecule has 3 aromatic heterocycles. The number of aromatic nitrogens is 3. The highest BCUT2D eigenvalue weighted by Gasteiger charge is 2.24. The van der Waals surface area contributed by atoms with Gasteiger partial charge in [-0.05, 0) is 55.0 Å². The number of carbonyl (C=O) groups is 1. The molecule has 1 aliphatic rings. The second-order valence-electron chi connectivity index (χ2n) is 6.41. The molecular formula is C19H20N4O. The van der Waals surface area contributed by atoms with Crippen molar-refractivity contribution in [3.63, 3.8) is 0 Å². The van der Waals surface area contributed by atoms with Gasteiger partial charge in [-0.1, -0.05) is 6.07 Å². The lowest BCUT2D eigenvalue weighted by Gasteiger charge is -2.31. The van der Waals surface area contributed by atoms with Crippen molar-refractivity contribution in [2.75, 3.05) is 13.1 Å². The van der Waals surface area contributed by atoms with Crippen molar-refractivity contribution in [2.45, 2.75) is 19.3 Å². The standard InChI is InChI=1S/C19H20N4O/c24-19(17-4-3-16-5-9-21-18(16)22-17)23-10-6-14(7-11-23)12-15-2-1-8-20-13-15/h1-5,8-9,13-14H,6-7,10-12H2,(H,21,22). The molecule has 0 bridgehead atoms. The monoisotopic (exact) mass is 320 g/mol. The van der Waals surface area contributed by atoms with E-state index in [1.165, 1.54) is 5.56 Å². The molecule has 1 fully saturated rings. The number of nitrogens with one attached hydrogen (secondary N) is 1. The lowest BCUT2D eigenvalue weighted by atomic mass is 9.90. The van der Waals surface area contributed by atoms with Crippen molar-refractivity contribution in [2.24, 2.45) is 5.92 Å². The fraction of sp³-hybridized carbons (Fsp3) is 0.316. The van der Waals surface area contributed by atoms with Gasteiger partial charge in [0.2, 0.25) is 0 Å². The maximum Gasteiger partial charge on any atom is 0.272 e. The molecule has 5 heteroatoms. The molecule has 1 saturated heterocycles. The lowest BCUT2D eigenvalue weighted by molar-refractivity contribution is 0.0685. The van der Waals surface area contributed by atoms with E-state index in [-0.39, 0.29) is 5.91 Å². The minimum absolute atomic E-state index is 0.0336. The number of amides is 1. The highest BCUT2D eigenvalue weighted by molar-refractivity contribution is 5.94. The lowest BCUT2D eigenvalue weighted by Crippen LogP contribution is -2.39. The Bertz CT molecular complexity index is 835. The molecule has 122 valence electrons. The largest absolute Gasteiger partial charge is 0.346 e. The Morgan fingerprint density at radius 3 is 2.88 bits per heavy atom. The van der Waals surface area contributed by atoms with Crippen LogP contribution in [0.25, 0.3) is 11.0 Å². The number of hydrogen-bond donors (Lipinski definition) is 1. The van der Waals surface area contributed by atoms with Crippen LogP contribution in [0, 0.1) is 5.92 Å². The highest BCUT2D eigenvalue weighted by atomic mass is 16.2. The summed E-state index contributed by atoms with van der Waals surface area (Å²) in [4.78, 5) is 26.3. The van der Waals surface area contributed by atoms with Crippen LogP contribution in [-0.2, 0) is 6.42 Å². The highest BCUT2D eigenvalue weighted by Crippen LogP contribution is 2.22. The molecule has 0 unspecified atom stereocenters.